The Kier molecular flexibility index (Phi) is 59.9. The highest BCUT2D eigenvalue weighted by Gasteiger charge is 2.30. The van der Waals surface area contributed by atoms with Gasteiger partial charge < -0.3 is 33.8 Å². The van der Waals surface area contributed by atoms with Crippen molar-refractivity contribution in [2.75, 3.05) is 39.6 Å². The molecular formula is C69H134O17P2. The van der Waals surface area contributed by atoms with Gasteiger partial charge in [-0.15, -0.1) is 0 Å². The van der Waals surface area contributed by atoms with E-state index in [9.17, 15) is 43.2 Å². The Bertz CT molecular complexity index is 1720. The van der Waals surface area contributed by atoms with Crippen LogP contribution in [0.5, 0.6) is 0 Å². The minimum absolute atomic E-state index is 0.105. The number of phosphoric acid groups is 2. The summed E-state index contributed by atoms with van der Waals surface area (Å²) in [6.07, 6.45) is 45.8. The molecule has 0 aromatic rings. The van der Waals surface area contributed by atoms with Crippen LogP contribution in [0.2, 0.25) is 0 Å². The Morgan fingerprint density at radius 3 is 0.807 bits per heavy atom. The average molecular weight is 1300 g/mol. The fourth-order valence-corrected chi connectivity index (χ4v) is 11.9. The second-order valence-corrected chi connectivity index (χ2v) is 28.3. The number of unbranched alkanes of at least 4 members (excludes halogenated alkanes) is 36. The molecule has 0 heterocycles. The van der Waals surface area contributed by atoms with Crippen LogP contribution in [0.3, 0.4) is 0 Å². The van der Waals surface area contributed by atoms with Crippen LogP contribution in [0.4, 0.5) is 0 Å². The zero-order chi connectivity index (χ0) is 65.0. The summed E-state index contributed by atoms with van der Waals surface area (Å²) in [6.45, 7) is 9.50. The molecule has 0 fully saturated rings. The predicted octanol–water partition coefficient (Wildman–Crippen LogP) is 19.6. The van der Waals surface area contributed by atoms with Crippen molar-refractivity contribution in [3.8, 4) is 0 Å². The molecule has 0 bridgehead atoms. The van der Waals surface area contributed by atoms with Gasteiger partial charge in [-0.1, -0.05) is 298 Å². The van der Waals surface area contributed by atoms with E-state index >= 15 is 0 Å². The molecule has 0 rings (SSSR count). The first-order valence-electron chi connectivity index (χ1n) is 36.1. The van der Waals surface area contributed by atoms with Crippen molar-refractivity contribution in [1.29, 1.82) is 0 Å². The predicted molar refractivity (Wildman–Crippen MR) is 354 cm³/mol. The smallest absolute Gasteiger partial charge is 0.462 e. The summed E-state index contributed by atoms with van der Waals surface area (Å²) in [7, 11) is -9.89. The standard InChI is InChI=1S/C69H134O17P2/c1-7-11-13-15-17-18-19-20-21-22-23-24-25-26-35-41-47-53-68(73)85-65(58-80-67(72)52-46-40-34-29-27-32-37-43-49-61(5)9-3)60-84-88(77,78)82-56-63(70)55-81-87(75,76)83-59-64(57-79-66(71)51-45-39-31-16-14-12-8-2)86-69(74)54-48-42-36-30-28-33-38-44-50-62(6)10-4/h61-65,70H,7-60H2,1-6H3,(H,75,76)(H,77,78)/t61?,62?,63-,64+,65+/m0/s1. The lowest BCUT2D eigenvalue weighted by molar-refractivity contribution is -0.161. The number of ether oxygens (including phenoxy) is 4. The molecule has 4 unspecified atom stereocenters. The van der Waals surface area contributed by atoms with Crippen molar-refractivity contribution in [2.45, 2.75) is 368 Å². The van der Waals surface area contributed by atoms with E-state index in [-0.39, 0.29) is 25.7 Å². The molecule has 0 aliphatic carbocycles. The maximum absolute atomic E-state index is 13.0. The van der Waals surface area contributed by atoms with E-state index < -0.39 is 97.5 Å². The highest BCUT2D eigenvalue weighted by atomic mass is 31.2. The number of carbonyl (C=O) groups is 4. The third kappa shape index (κ3) is 60.3. The lowest BCUT2D eigenvalue weighted by Gasteiger charge is -2.21. The average Bonchev–Trinajstić information content (AvgIpc) is 3.57. The Morgan fingerprint density at radius 1 is 0.318 bits per heavy atom. The van der Waals surface area contributed by atoms with Crippen molar-refractivity contribution in [1.82, 2.24) is 0 Å². The molecule has 88 heavy (non-hydrogen) atoms. The lowest BCUT2D eigenvalue weighted by atomic mass is 9.99. The molecule has 522 valence electrons. The number of aliphatic hydroxyl groups excluding tert-OH is 1. The minimum atomic E-state index is -4.95. The fraction of sp³-hybridized carbons (Fsp3) is 0.942. The second kappa shape index (κ2) is 61.3. The van der Waals surface area contributed by atoms with Crippen molar-refractivity contribution >= 4 is 39.5 Å². The van der Waals surface area contributed by atoms with E-state index in [1.54, 1.807) is 0 Å². The number of carbonyl (C=O) groups excluding carboxylic acids is 4. The zero-order valence-corrected chi connectivity index (χ0v) is 58.8. The van der Waals surface area contributed by atoms with Gasteiger partial charge >= 0.3 is 39.5 Å². The van der Waals surface area contributed by atoms with E-state index in [1.807, 2.05) is 0 Å². The molecule has 0 aliphatic rings. The molecule has 0 amide bonds. The Hall–Kier alpha value is -1.94. The van der Waals surface area contributed by atoms with Gasteiger partial charge in [0.25, 0.3) is 0 Å². The van der Waals surface area contributed by atoms with Crippen LogP contribution in [0.1, 0.15) is 350 Å². The molecule has 0 spiro atoms. The van der Waals surface area contributed by atoms with Crippen LogP contribution in [0, 0.1) is 11.8 Å². The summed E-state index contributed by atoms with van der Waals surface area (Å²) in [5.74, 6) is -0.584. The SMILES string of the molecule is CCCCCCCCCCCCCCCCCCCC(=O)O[C@H](COC(=O)CCCCCCCCCCC(C)CC)COP(=O)(O)OC[C@@H](O)COP(=O)(O)OC[C@@H](COC(=O)CCCCCCCCC)OC(=O)CCCCCCCCCCC(C)CC. The molecular weight excluding hydrogens is 1160 g/mol. The van der Waals surface area contributed by atoms with E-state index in [4.69, 9.17) is 37.0 Å². The third-order valence-corrected chi connectivity index (χ3v) is 18.6. The summed E-state index contributed by atoms with van der Waals surface area (Å²) >= 11 is 0. The maximum atomic E-state index is 13.0. The summed E-state index contributed by atoms with van der Waals surface area (Å²) in [5, 5.41) is 10.6. The first kappa shape index (κ1) is 86.1. The Labute approximate surface area is 537 Å². The van der Waals surface area contributed by atoms with Gasteiger partial charge in [0.15, 0.2) is 12.2 Å². The van der Waals surface area contributed by atoms with E-state index in [0.29, 0.717) is 25.7 Å². The van der Waals surface area contributed by atoms with Crippen LogP contribution in [-0.2, 0) is 65.4 Å². The molecule has 0 radical (unpaired) electrons. The monoisotopic (exact) mass is 1300 g/mol. The second-order valence-electron chi connectivity index (χ2n) is 25.4. The number of rotatable bonds is 68. The minimum Gasteiger partial charge on any atom is -0.462 e. The first-order valence-corrected chi connectivity index (χ1v) is 39.1. The van der Waals surface area contributed by atoms with Gasteiger partial charge in [-0.05, 0) is 37.5 Å². The molecule has 0 aliphatic heterocycles. The van der Waals surface area contributed by atoms with Gasteiger partial charge in [0.05, 0.1) is 26.4 Å². The lowest BCUT2D eigenvalue weighted by Crippen LogP contribution is -2.30. The van der Waals surface area contributed by atoms with Crippen LogP contribution < -0.4 is 0 Å². The van der Waals surface area contributed by atoms with Crippen LogP contribution >= 0.6 is 15.6 Å². The molecule has 0 saturated carbocycles. The van der Waals surface area contributed by atoms with Gasteiger partial charge in [0.2, 0.25) is 0 Å². The topological polar surface area (TPSA) is 237 Å². The molecule has 0 aromatic carbocycles. The Morgan fingerprint density at radius 2 is 0.545 bits per heavy atom. The molecule has 17 nitrogen and oxygen atoms in total. The van der Waals surface area contributed by atoms with Gasteiger partial charge in [-0.3, -0.25) is 37.3 Å². The zero-order valence-electron chi connectivity index (χ0n) is 57.0. The number of esters is 4. The highest BCUT2D eigenvalue weighted by Crippen LogP contribution is 2.45. The van der Waals surface area contributed by atoms with Crippen molar-refractivity contribution < 1.29 is 80.2 Å². The molecule has 3 N–H and O–H groups in total. The first-order chi connectivity index (χ1) is 42.4. The molecule has 0 aromatic heterocycles. The number of phosphoric ester groups is 2. The summed E-state index contributed by atoms with van der Waals surface area (Å²) in [4.78, 5) is 72.4. The largest absolute Gasteiger partial charge is 0.472 e. The molecule has 7 atom stereocenters. The summed E-state index contributed by atoms with van der Waals surface area (Å²) in [6, 6.07) is 0. The third-order valence-electron chi connectivity index (χ3n) is 16.7. The van der Waals surface area contributed by atoms with Gasteiger partial charge in [0.1, 0.15) is 19.3 Å². The van der Waals surface area contributed by atoms with Gasteiger partial charge in [0, 0.05) is 25.7 Å². The van der Waals surface area contributed by atoms with Gasteiger partial charge in [-0.25, -0.2) is 9.13 Å². The van der Waals surface area contributed by atoms with Crippen LogP contribution in [-0.4, -0.2) is 96.7 Å². The van der Waals surface area contributed by atoms with Crippen molar-refractivity contribution in [2.24, 2.45) is 11.8 Å². The normalized spacial score (nSPS) is 14.8. The van der Waals surface area contributed by atoms with Crippen LogP contribution in [0.15, 0.2) is 0 Å². The molecule has 0 saturated heterocycles. The highest BCUT2D eigenvalue weighted by molar-refractivity contribution is 7.47. The Balaban J connectivity index is 5.21. The van der Waals surface area contributed by atoms with Crippen molar-refractivity contribution in [3.63, 3.8) is 0 Å². The summed E-state index contributed by atoms with van der Waals surface area (Å²) in [5.41, 5.74) is 0. The van der Waals surface area contributed by atoms with E-state index in [1.165, 1.54) is 154 Å². The van der Waals surface area contributed by atoms with E-state index in [0.717, 1.165) is 115 Å². The van der Waals surface area contributed by atoms with E-state index in [2.05, 4.69) is 41.5 Å². The summed E-state index contributed by atoms with van der Waals surface area (Å²) < 4.78 is 68.2. The number of hydrogen-bond donors (Lipinski definition) is 3. The van der Waals surface area contributed by atoms with Crippen LogP contribution in [0.25, 0.3) is 0 Å². The maximum Gasteiger partial charge on any atom is 0.472 e. The van der Waals surface area contributed by atoms with Gasteiger partial charge in [-0.2, -0.15) is 0 Å². The molecule has 19 heteroatoms. The quantitative estimate of drug-likeness (QED) is 0.0222. The number of aliphatic hydroxyl groups is 1. The fourth-order valence-electron chi connectivity index (χ4n) is 10.4. The van der Waals surface area contributed by atoms with Crippen molar-refractivity contribution in [3.05, 3.63) is 0 Å². The number of hydrogen-bond acceptors (Lipinski definition) is 15.